The number of nitrogens with one attached hydrogen (secondary N) is 1. The number of likely N-dealkylation sites (N-methyl/N-ethyl adjacent to an activating group) is 1. The van der Waals surface area contributed by atoms with Crippen LogP contribution in [0.25, 0.3) is 0 Å². The van der Waals surface area contributed by atoms with Gasteiger partial charge in [0.25, 0.3) is 0 Å². The van der Waals surface area contributed by atoms with Crippen molar-refractivity contribution >= 4 is 11.7 Å². The van der Waals surface area contributed by atoms with E-state index >= 15 is 0 Å². The topological polar surface area (TPSA) is 61.4 Å². The van der Waals surface area contributed by atoms with Gasteiger partial charge in [0.1, 0.15) is 5.82 Å². The summed E-state index contributed by atoms with van der Waals surface area (Å²) in [4.78, 5) is 24.0. The number of hydrogen-bond donors (Lipinski definition) is 1. The van der Waals surface area contributed by atoms with Crippen LogP contribution in [0.15, 0.2) is 18.6 Å². The van der Waals surface area contributed by atoms with E-state index in [4.69, 9.17) is 0 Å². The van der Waals surface area contributed by atoms with E-state index < -0.39 is 0 Å². The lowest BCUT2D eigenvalue weighted by atomic mass is 10.3. The van der Waals surface area contributed by atoms with E-state index in [1.165, 1.54) is 0 Å². The molecule has 92 valence electrons. The van der Waals surface area contributed by atoms with E-state index in [1.807, 2.05) is 4.90 Å². The zero-order valence-corrected chi connectivity index (χ0v) is 9.96. The van der Waals surface area contributed by atoms with Gasteiger partial charge in [-0.2, -0.15) is 0 Å². The molecule has 1 aliphatic rings. The Labute approximate surface area is 101 Å². The normalized spacial score (nSPS) is 16.1. The highest BCUT2D eigenvalue weighted by atomic mass is 16.2. The number of carbonyl (C=O) groups is 1. The van der Waals surface area contributed by atoms with Gasteiger partial charge in [-0.15, -0.1) is 0 Å². The summed E-state index contributed by atoms with van der Waals surface area (Å²) in [5.41, 5.74) is 0. The minimum Gasteiger partial charge on any atom is -0.352 e. The molecule has 0 radical (unpaired) electrons. The third kappa shape index (κ3) is 2.91. The molecule has 1 amide bonds. The second kappa shape index (κ2) is 5.58. The number of piperazine rings is 1. The summed E-state index contributed by atoms with van der Waals surface area (Å²) < 4.78 is 0. The minimum absolute atomic E-state index is 0.159. The molecule has 6 nitrogen and oxygen atoms in total. The quantitative estimate of drug-likeness (QED) is 0.754. The van der Waals surface area contributed by atoms with Crippen LogP contribution < -0.4 is 10.2 Å². The minimum atomic E-state index is 0.159. The lowest BCUT2D eigenvalue weighted by Gasteiger charge is -2.35. The summed E-state index contributed by atoms with van der Waals surface area (Å²) >= 11 is 0. The molecule has 1 saturated heterocycles. The van der Waals surface area contributed by atoms with E-state index in [0.717, 1.165) is 32.0 Å². The van der Waals surface area contributed by atoms with Gasteiger partial charge in [-0.25, -0.2) is 4.98 Å². The Hall–Kier alpha value is -1.69. The van der Waals surface area contributed by atoms with Crippen molar-refractivity contribution in [2.75, 3.05) is 44.7 Å². The summed E-state index contributed by atoms with van der Waals surface area (Å²) in [7, 11) is 1.79. The first-order valence-corrected chi connectivity index (χ1v) is 5.74. The molecule has 0 atom stereocenters. The predicted octanol–water partition coefficient (Wildman–Crippen LogP) is -0.655. The molecule has 0 aromatic carbocycles. The highest BCUT2D eigenvalue weighted by Gasteiger charge is 2.21. The second-order valence-corrected chi connectivity index (χ2v) is 3.96. The molecule has 2 rings (SSSR count). The third-order valence-corrected chi connectivity index (χ3v) is 2.83. The standard InChI is InChI=1S/C11H17N5O/c1-12-9-11(17)16-6-4-15(5-7-16)10-8-13-2-3-14-10/h2-3,8,12H,4-7,9H2,1H3. The molecule has 0 unspecified atom stereocenters. The average molecular weight is 235 g/mol. The van der Waals surface area contributed by atoms with E-state index in [1.54, 1.807) is 25.6 Å². The van der Waals surface area contributed by atoms with Gasteiger partial charge in [0.2, 0.25) is 5.91 Å². The SMILES string of the molecule is CNCC(=O)N1CCN(c2cnccn2)CC1. The Morgan fingerprint density at radius 2 is 2.12 bits per heavy atom. The van der Waals surface area contributed by atoms with Crippen molar-refractivity contribution in [3.63, 3.8) is 0 Å². The molecule has 0 bridgehead atoms. The molecule has 6 heteroatoms. The summed E-state index contributed by atoms with van der Waals surface area (Å²) in [5.74, 6) is 1.04. The Morgan fingerprint density at radius 1 is 1.35 bits per heavy atom. The van der Waals surface area contributed by atoms with Gasteiger partial charge >= 0.3 is 0 Å². The first kappa shape index (κ1) is 11.8. The van der Waals surface area contributed by atoms with Gasteiger partial charge in [0.05, 0.1) is 12.7 Å². The Morgan fingerprint density at radius 3 is 2.71 bits per heavy atom. The zero-order valence-electron chi connectivity index (χ0n) is 9.96. The zero-order chi connectivity index (χ0) is 12.1. The molecule has 17 heavy (non-hydrogen) atoms. The van der Waals surface area contributed by atoms with Crippen LogP contribution in [0.4, 0.5) is 5.82 Å². The van der Waals surface area contributed by atoms with Crippen molar-refractivity contribution in [2.45, 2.75) is 0 Å². The summed E-state index contributed by atoms with van der Waals surface area (Å²) in [6.45, 7) is 3.53. The average Bonchev–Trinajstić information content (AvgIpc) is 2.40. The first-order valence-electron chi connectivity index (χ1n) is 5.74. The number of nitrogens with zero attached hydrogens (tertiary/aromatic N) is 4. The second-order valence-electron chi connectivity index (χ2n) is 3.96. The molecule has 1 N–H and O–H groups in total. The van der Waals surface area contributed by atoms with Gasteiger partial charge in [-0.05, 0) is 7.05 Å². The summed E-state index contributed by atoms with van der Waals surface area (Å²) in [6.07, 6.45) is 5.11. The third-order valence-electron chi connectivity index (χ3n) is 2.83. The molecule has 1 aromatic rings. The largest absolute Gasteiger partial charge is 0.352 e. The molecule has 2 heterocycles. The number of amides is 1. The Bertz CT molecular complexity index is 361. The lowest BCUT2D eigenvalue weighted by Crippen LogP contribution is -2.50. The maximum atomic E-state index is 11.7. The van der Waals surface area contributed by atoms with Crippen molar-refractivity contribution in [3.8, 4) is 0 Å². The van der Waals surface area contributed by atoms with Crippen molar-refractivity contribution in [3.05, 3.63) is 18.6 Å². The van der Waals surface area contributed by atoms with Crippen LogP contribution in [0.5, 0.6) is 0 Å². The number of aromatic nitrogens is 2. The molecule has 0 saturated carbocycles. The fourth-order valence-corrected chi connectivity index (χ4v) is 1.90. The van der Waals surface area contributed by atoms with Crippen molar-refractivity contribution in [1.82, 2.24) is 20.2 Å². The van der Waals surface area contributed by atoms with Gasteiger partial charge in [0, 0.05) is 38.6 Å². The van der Waals surface area contributed by atoms with E-state index in [-0.39, 0.29) is 5.91 Å². The van der Waals surface area contributed by atoms with Gasteiger partial charge in [0.15, 0.2) is 0 Å². The van der Waals surface area contributed by atoms with E-state index in [2.05, 4.69) is 20.2 Å². The molecule has 1 fully saturated rings. The molecule has 0 spiro atoms. The highest BCUT2D eigenvalue weighted by molar-refractivity contribution is 5.78. The fraction of sp³-hybridized carbons (Fsp3) is 0.545. The Balaban J connectivity index is 1.88. The van der Waals surface area contributed by atoms with Crippen molar-refractivity contribution in [2.24, 2.45) is 0 Å². The van der Waals surface area contributed by atoms with E-state index in [9.17, 15) is 4.79 Å². The molecular weight excluding hydrogens is 218 g/mol. The summed E-state index contributed by atoms with van der Waals surface area (Å²) in [6, 6.07) is 0. The van der Waals surface area contributed by atoms with Crippen LogP contribution in [0, 0.1) is 0 Å². The number of hydrogen-bond acceptors (Lipinski definition) is 5. The van der Waals surface area contributed by atoms with Crippen molar-refractivity contribution in [1.29, 1.82) is 0 Å². The Kier molecular flexibility index (Phi) is 3.87. The summed E-state index contributed by atoms with van der Waals surface area (Å²) in [5, 5.41) is 2.88. The van der Waals surface area contributed by atoms with Crippen LogP contribution in [0.3, 0.4) is 0 Å². The molecular formula is C11H17N5O. The predicted molar refractivity (Wildman–Crippen MR) is 64.8 cm³/mol. The van der Waals surface area contributed by atoms with Gasteiger partial charge in [-0.1, -0.05) is 0 Å². The fourth-order valence-electron chi connectivity index (χ4n) is 1.90. The molecule has 1 aliphatic heterocycles. The maximum absolute atomic E-state index is 11.7. The van der Waals surface area contributed by atoms with Crippen molar-refractivity contribution < 1.29 is 4.79 Å². The van der Waals surface area contributed by atoms with Gasteiger partial charge in [-0.3, -0.25) is 9.78 Å². The maximum Gasteiger partial charge on any atom is 0.236 e. The van der Waals surface area contributed by atoms with Gasteiger partial charge < -0.3 is 15.1 Å². The monoisotopic (exact) mass is 235 g/mol. The highest BCUT2D eigenvalue weighted by Crippen LogP contribution is 2.11. The molecule has 1 aromatic heterocycles. The van der Waals surface area contributed by atoms with Crippen LogP contribution in [0.2, 0.25) is 0 Å². The van der Waals surface area contributed by atoms with Crippen LogP contribution in [-0.2, 0) is 4.79 Å². The smallest absolute Gasteiger partial charge is 0.236 e. The van der Waals surface area contributed by atoms with Crippen LogP contribution >= 0.6 is 0 Å². The first-order chi connectivity index (χ1) is 8.31. The molecule has 0 aliphatic carbocycles. The number of carbonyl (C=O) groups excluding carboxylic acids is 1. The van der Waals surface area contributed by atoms with E-state index in [0.29, 0.717) is 6.54 Å². The number of rotatable bonds is 3. The number of anilines is 1. The van der Waals surface area contributed by atoms with Crippen LogP contribution in [0.1, 0.15) is 0 Å². The van der Waals surface area contributed by atoms with Crippen LogP contribution in [-0.4, -0.2) is 60.5 Å². The lowest BCUT2D eigenvalue weighted by molar-refractivity contribution is -0.130.